The minimum atomic E-state index is -1.01. The number of aliphatic carboxylic acids is 1. The molecule has 1 amide bonds. The third kappa shape index (κ3) is 6.48. The number of rotatable bonds is 10. The van der Waals surface area contributed by atoms with Crippen LogP contribution in [0.5, 0.6) is 0 Å². The molecule has 2 aliphatic rings. The summed E-state index contributed by atoms with van der Waals surface area (Å²) < 4.78 is 2.02. The first-order valence-electron chi connectivity index (χ1n) is 13.7. The highest BCUT2D eigenvalue weighted by atomic mass is 32.2. The fourth-order valence-electron chi connectivity index (χ4n) is 5.34. The van der Waals surface area contributed by atoms with Gasteiger partial charge >= 0.3 is 5.97 Å². The van der Waals surface area contributed by atoms with Crippen molar-refractivity contribution in [3.8, 4) is 6.07 Å². The van der Waals surface area contributed by atoms with Gasteiger partial charge in [0.2, 0.25) is 0 Å². The van der Waals surface area contributed by atoms with Crippen molar-refractivity contribution in [2.24, 2.45) is 5.92 Å². The first kappa shape index (κ1) is 29.6. The van der Waals surface area contributed by atoms with Crippen molar-refractivity contribution in [2.45, 2.75) is 58.9 Å². The lowest BCUT2D eigenvalue weighted by Crippen LogP contribution is -2.40. The largest absolute Gasteiger partial charge is 0.481 e. The van der Waals surface area contributed by atoms with Gasteiger partial charge < -0.3 is 10.0 Å². The number of unbranched alkanes of at least 4 members (excludes halogenated alkanes) is 1. The first-order chi connectivity index (χ1) is 19.2. The highest BCUT2D eigenvalue weighted by molar-refractivity contribution is 8.26. The molecule has 0 unspecified atom stereocenters. The molecule has 0 aliphatic carbocycles. The summed E-state index contributed by atoms with van der Waals surface area (Å²) in [4.78, 5) is 41.8. The number of thiocarbonyl (C=S) groups is 1. The van der Waals surface area contributed by atoms with Gasteiger partial charge in [0.1, 0.15) is 21.8 Å². The number of thioether (sulfide) groups is 1. The van der Waals surface area contributed by atoms with E-state index >= 15 is 0 Å². The zero-order valence-corrected chi connectivity index (χ0v) is 24.5. The Balaban J connectivity index is 1.73. The van der Waals surface area contributed by atoms with Gasteiger partial charge in [-0.05, 0) is 55.7 Å². The van der Waals surface area contributed by atoms with Gasteiger partial charge in [-0.2, -0.15) is 5.26 Å². The molecule has 0 radical (unpaired) electrons. The molecule has 4 rings (SSSR count). The molecule has 1 aromatic heterocycles. The summed E-state index contributed by atoms with van der Waals surface area (Å²) in [6.07, 6.45) is 6.14. The smallest absolute Gasteiger partial charge is 0.305 e. The van der Waals surface area contributed by atoms with Crippen LogP contribution in [0.1, 0.15) is 61.3 Å². The van der Waals surface area contributed by atoms with Gasteiger partial charge in [-0.3, -0.25) is 23.9 Å². The Labute approximate surface area is 244 Å². The number of carboxylic acid groups (broad SMARTS) is 1. The molecule has 2 aliphatic heterocycles. The summed E-state index contributed by atoms with van der Waals surface area (Å²) in [5, 5.41) is 19.0. The Morgan fingerprint density at radius 1 is 1.20 bits per heavy atom. The number of benzene rings is 1. The predicted molar refractivity (Wildman–Crippen MR) is 162 cm³/mol. The van der Waals surface area contributed by atoms with Crippen LogP contribution < -0.4 is 10.5 Å². The van der Waals surface area contributed by atoms with Crippen LogP contribution in [-0.2, 0) is 22.6 Å². The van der Waals surface area contributed by atoms with Crippen LogP contribution in [0.25, 0.3) is 6.08 Å². The van der Waals surface area contributed by atoms with E-state index in [4.69, 9.17) is 17.3 Å². The molecule has 1 N–H and O–H groups in total. The molecule has 0 bridgehead atoms. The molecule has 0 saturated carbocycles. The van der Waals surface area contributed by atoms with E-state index in [-0.39, 0.29) is 30.0 Å². The highest BCUT2D eigenvalue weighted by Gasteiger charge is 2.34. The van der Waals surface area contributed by atoms with Crippen molar-refractivity contribution < 1.29 is 14.7 Å². The van der Waals surface area contributed by atoms with Crippen LogP contribution in [-0.4, -0.2) is 50.4 Å². The zero-order valence-electron chi connectivity index (χ0n) is 22.9. The molecule has 3 heterocycles. The van der Waals surface area contributed by atoms with Gasteiger partial charge in [0.15, 0.2) is 0 Å². The number of pyridine rings is 1. The molecule has 10 heteroatoms. The molecule has 0 spiro atoms. The van der Waals surface area contributed by atoms with Crippen LogP contribution >= 0.6 is 24.0 Å². The second-order valence-electron chi connectivity index (χ2n) is 10.3. The third-order valence-corrected chi connectivity index (χ3v) is 8.94. The lowest BCUT2D eigenvalue weighted by Gasteiger charge is -2.36. The summed E-state index contributed by atoms with van der Waals surface area (Å²) >= 11 is 6.51. The van der Waals surface area contributed by atoms with E-state index in [0.29, 0.717) is 32.8 Å². The number of hydrogen-bond donors (Lipinski definition) is 1. The maximum Gasteiger partial charge on any atom is 0.305 e. The standard InChI is InChI=1S/C30H34N4O4S2/c1-3-4-13-33-27(32-14-10-22(11-15-32)17-21-8-6-5-7-9-21)23(20(2)24(19-31)28(33)37)18-25-29(38)34(30(39)40-25)16-12-26(35)36/h5-9,18,22H,3-4,10-17H2,1-2H3,(H,35,36)/b25-18-. The number of amides is 1. The van der Waals surface area contributed by atoms with Crippen molar-refractivity contribution in [1.29, 1.82) is 5.26 Å². The number of aromatic nitrogens is 1. The lowest BCUT2D eigenvalue weighted by atomic mass is 9.90. The molecule has 2 saturated heterocycles. The van der Waals surface area contributed by atoms with Gasteiger partial charge in [0.05, 0.1) is 11.3 Å². The Morgan fingerprint density at radius 2 is 1.90 bits per heavy atom. The van der Waals surface area contributed by atoms with Crippen molar-refractivity contribution in [3.05, 3.63) is 67.8 Å². The Bertz CT molecular complexity index is 1420. The average Bonchev–Trinajstić information content (AvgIpc) is 3.21. The van der Waals surface area contributed by atoms with E-state index in [9.17, 15) is 19.6 Å². The van der Waals surface area contributed by atoms with Gasteiger partial charge in [-0.15, -0.1) is 0 Å². The zero-order chi connectivity index (χ0) is 28.8. The van der Waals surface area contributed by atoms with Crippen LogP contribution in [0, 0.1) is 24.2 Å². The van der Waals surface area contributed by atoms with E-state index < -0.39 is 5.97 Å². The number of piperidine rings is 1. The van der Waals surface area contributed by atoms with E-state index in [2.05, 4.69) is 42.2 Å². The minimum Gasteiger partial charge on any atom is -0.481 e. The predicted octanol–water partition coefficient (Wildman–Crippen LogP) is 4.96. The molecule has 2 fully saturated rings. The molecule has 1 aromatic carbocycles. The Kier molecular flexibility index (Phi) is 9.82. The fraction of sp³-hybridized carbons (Fsp3) is 0.433. The van der Waals surface area contributed by atoms with Crippen LogP contribution in [0.15, 0.2) is 40.0 Å². The Hall–Kier alpha value is -3.42. The quantitative estimate of drug-likeness (QED) is 0.311. The van der Waals surface area contributed by atoms with E-state index in [0.717, 1.165) is 62.8 Å². The number of carbonyl (C=O) groups excluding carboxylic acids is 1. The van der Waals surface area contributed by atoms with Crippen LogP contribution in [0.2, 0.25) is 0 Å². The minimum absolute atomic E-state index is 0.00243. The first-order valence-corrected chi connectivity index (χ1v) is 14.9. The lowest BCUT2D eigenvalue weighted by molar-refractivity contribution is -0.137. The van der Waals surface area contributed by atoms with Crippen molar-refractivity contribution in [3.63, 3.8) is 0 Å². The Morgan fingerprint density at radius 3 is 2.52 bits per heavy atom. The van der Waals surface area contributed by atoms with E-state index in [1.165, 1.54) is 10.5 Å². The van der Waals surface area contributed by atoms with Gasteiger partial charge in [0, 0.05) is 31.7 Å². The molecular formula is C30H34N4O4S2. The van der Waals surface area contributed by atoms with Crippen molar-refractivity contribution in [2.75, 3.05) is 24.5 Å². The maximum atomic E-state index is 13.5. The molecular weight excluding hydrogens is 544 g/mol. The van der Waals surface area contributed by atoms with Crippen molar-refractivity contribution in [1.82, 2.24) is 9.47 Å². The number of anilines is 1. The summed E-state index contributed by atoms with van der Waals surface area (Å²) in [7, 11) is 0. The maximum absolute atomic E-state index is 13.5. The molecule has 2 aromatic rings. The second-order valence-corrected chi connectivity index (χ2v) is 11.9. The SMILES string of the molecule is CCCCn1c(N2CCC(Cc3ccccc3)CC2)c(/C=C2\SC(=S)N(CCC(=O)O)C2=O)c(C)c(C#N)c1=O. The summed E-state index contributed by atoms with van der Waals surface area (Å²) in [6, 6.07) is 12.6. The number of carbonyl (C=O) groups is 2. The number of nitrogens with zero attached hydrogens (tertiary/aromatic N) is 4. The van der Waals surface area contributed by atoms with Crippen molar-refractivity contribution >= 4 is 52.1 Å². The number of nitriles is 1. The molecule has 8 nitrogen and oxygen atoms in total. The summed E-state index contributed by atoms with van der Waals surface area (Å²) in [5.74, 6) is -0.0896. The molecule has 0 atom stereocenters. The van der Waals surface area contributed by atoms with E-state index in [1.54, 1.807) is 17.6 Å². The number of hydrogen-bond acceptors (Lipinski definition) is 7. The van der Waals surface area contributed by atoms with Gasteiger partial charge in [-0.25, -0.2) is 0 Å². The van der Waals surface area contributed by atoms with E-state index in [1.807, 2.05) is 6.07 Å². The molecule has 210 valence electrons. The summed E-state index contributed by atoms with van der Waals surface area (Å²) in [5.41, 5.74) is 2.30. The highest BCUT2D eigenvalue weighted by Crippen LogP contribution is 2.37. The normalized spacial score (nSPS) is 17.1. The van der Waals surface area contributed by atoms with Crippen LogP contribution in [0.3, 0.4) is 0 Å². The second kappa shape index (κ2) is 13.3. The summed E-state index contributed by atoms with van der Waals surface area (Å²) in [6.45, 7) is 5.81. The topological polar surface area (TPSA) is 107 Å². The third-order valence-electron chi connectivity index (χ3n) is 7.56. The number of carboxylic acids is 1. The van der Waals surface area contributed by atoms with Gasteiger partial charge in [0.25, 0.3) is 11.5 Å². The molecule has 40 heavy (non-hydrogen) atoms. The average molecular weight is 579 g/mol. The fourth-order valence-corrected chi connectivity index (χ4v) is 6.63. The van der Waals surface area contributed by atoms with Gasteiger partial charge in [-0.1, -0.05) is 67.7 Å². The van der Waals surface area contributed by atoms with Crippen LogP contribution in [0.4, 0.5) is 5.82 Å². The monoisotopic (exact) mass is 578 g/mol.